The number of allylic oxidation sites excluding steroid dienone is 1. The topological polar surface area (TPSA) is 81.2 Å². The summed E-state index contributed by atoms with van der Waals surface area (Å²) in [5.74, 6) is 0.0682. The largest absolute Gasteiger partial charge is 0.385 e. The quantitative estimate of drug-likeness (QED) is 0.456. The lowest BCUT2D eigenvalue weighted by atomic mass is 9.97. The van der Waals surface area contributed by atoms with Crippen molar-refractivity contribution in [1.29, 1.82) is 0 Å². The summed E-state index contributed by atoms with van der Waals surface area (Å²) in [6, 6.07) is 10.0. The number of anilines is 1. The first-order chi connectivity index (χ1) is 17.0. The van der Waals surface area contributed by atoms with Crippen LogP contribution in [0.2, 0.25) is 5.02 Å². The number of nitrogens with one attached hydrogen (secondary N) is 1. The van der Waals surface area contributed by atoms with Crippen LogP contribution in [0.4, 0.5) is 5.69 Å². The zero-order valence-electron chi connectivity index (χ0n) is 20.2. The number of pyridine rings is 1. The number of carbonyl (C=O) groups is 1. The van der Waals surface area contributed by atoms with Gasteiger partial charge < -0.3 is 10.1 Å². The maximum absolute atomic E-state index is 12.2. The van der Waals surface area contributed by atoms with E-state index in [0.29, 0.717) is 43.4 Å². The van der Waals surface area contributed by atoms with E-state index in [1.54, 1.807) is 19.5 Å². The molecule has 0 aliphatic carbocycles. The van der Waals surface area contributed by atoms with Crippen LogP contribution in [0.15, 0.2) is 48.9 Å². The Bertz CT molecular complexity index is 1020. The molecule has 3 heterocycles. The van der Waals surface area contributed by atoms with E-state index in [4.69, 9.17) is 16.3 Å². The summed E-state index contributed by atoms with van der Waals surface area (Å²) in [5.41, 5.74) is 3.88. The fourth-order valence-corrected chi connectivity index (χ4v) is 4.87. The van der Waals surface area contributed by atoms with Crippen molar-refractivity contribution in [3.8, 4) is 0 Å². The van der Waals surface area contributed by atoms with E-state index in [0.717, 1.165) is 48.9 Å². The number of rotatable bonds is 11. The van der Waals surface area contributed by atoms with E-state index in [2.05, 4.69) is 15.2 Å². The fourth-order valence-electron chi connectivity index (χ4n) is 4.74. The van der Waals surface area contributed by atoms with Crippen LogP contribution in [0.3, 0.4) is 0 Å². The fraction of sp³-hybridized carbons (Fsp3) is 0.462. The highest BCUT2D eigenvalue weighted by atomic mass is 35.5. The van der Waals surface area contributed by atoms with Gasteiger partial charge in [-0.1, -0.05) is 23.7 Å². The Kier molecular flexibility index (Phi) is 8.98. The molecule has 1 amide bonds. The molecule has 188 valence electrons. The molecule has 4 rings (SSSR count). The molecule has 0 spiro atoms. The van der Waals surface area contributed by atoms with Gasteiger partial charge in [-0.2, -0.15) is 5.17 Å². The van der Waals surface area contributed by atoms with Crippen LogP contribution in [0.1, 0.15) is 36.8 Å². The van der Waals surface area contributed by atoms with Crippen LogP contribution >= 0.6 is 11.6 Å². The van der Waals surface area contributed by atoms with Crippen molar-refractivity contribution in [2.45, 2.75) is 38.1 Å². The minimum Gasteiger partial charge on any atom is -0.385 e. The van der Waals surface area contributed by atoms with Gasteiger partial charge in [0.15, 0.2) is 0 Å². The Morgan fingerprint density at radius 2 is 2.11 bits per heavy atom. The molecule has 2 aliphatic rings. The maximum atomic E-state index is 12.2. The van der Waals surface area contributed by atoms with E-state index < -0.39 is 0 Å². The van der Waals surface area contributed by atoms with Crippen LogP contribution in [0, 0.1) is 0 Å². The number of benzene rings is 1. The number of hydrogen-bond acceptors (Lipinski definition) is 7. The number of ether oxygens (including phenoxy) is 1. The second-order valence-corrected chi connectivity index (χ2v) is 9.48. The average Bonchev–Trinajstić information content (AvgIpc) is 3.31. The Morgan fingerprint density at radius 3 is 2.91 bits per heavy atom. The lowest BCUT2D eigenvalue weighted by Crippen LogP contribution is -2.47. The third-order valence-electron chi connectivity index (χ3n) is 6.59. The highest BCUT2D eigenvalue weighted by Gasteiger charge is 2.30. The minimum atomic E-state index is 0.0682. The number of hydrazine groups is 1. The predicted octanol–water partition coefficient (Wildman–Crippen LogP) is 3.75. The van der Waals surface area contributed by atoms with Crippen LogP contribution < -0.4 is 10.5 Å². The average molecular weight is 500 g/mol. The molecular formula is C26H34ClN5O3. The molecule has 35 heavy (non-hydrogen) atoms. The van der Waals surface area contributed by atoms with E-state index >= 15 is 0 Å². The summed E-state index contributed by atoms with van der Waals surface area (Å²) in [6.45, 7) is 3.58. The van der Waals surface area contributed by atoms with Crippen LogP contribution in [-0.2, 0) is 16.0 Å². The SMILES string of the molecule is COCCCNC(=O)CCN1CCC[C@@H]1CN1C=C(Cc2ccc(Cl)cc2)c2ccncc2N1O. The van der Waals surface area contributed by atoms with E-state index in [-0.39, 0.29) is 11.9 Å². The molecule has 0 bridgehead atoms. The van der Waals surface area contributed by atoms with Crippen molar-refractivity contribution in [3.05, 3.63) is 65.1 Å². The predicted molar refractivity (Wildman–Crippen MR) is 137 cm³/mol. The number of fused-ring (bicyclic) bond motifs is 1. The molecule has 0 radical (unpaired) electrons. The second-order valence-electron chi connectivity index (χ2n) is 9.04. The number of amides is 1. The molecule has 0 saturated carbocycles. The number of halogens is 1. The van der Waals surface area contributed by atoms with Crippen LogP contribution in [0.5, 0.6) is 0 Å². The van der Waals surface area contributed by atoms with Crippen molar-refractivity contribution in [2.24, 2.45) is 0 Å². The molecule has 8 nitrogen and oxygen atoms in total. The molecule has 2 aromatic rings. The number of aromatic nitrogens is 1. The summed E-state index contributed by atoms with van der Waals surface area (Å²) in [7, 11) is 1.66. The van der Waals surface area contributed by atoms with Gasteiger partial charge in [0.05, 0.1) is 12.7 Å². The molecule has 1 aromatic carbocycles. The molecule has 0 unspecified atom stereocenters. The first-order valence-corrected chi connectivity index (χ1v) is 12.6. The monoisotopic (exact) mass is 499 g/mol. The maximum Gasteiger partial charge on any atom is 0.221 e. The van der Waals surface area contributed by atoms with Gasteiger partial charge in [0.25, 0.3) is 0 Å². The van der Waals surface area contributed by atoms with Crippen molar-refractivity contribution in [1.82, 2.24) is 20.2 Å². The first-order valence-electron chi connectivity index (χ1n) is 12.2. The van der Waals surface area contributed by atoms with E-state index in [1.165, 1.54) is 5.17 Å². The number of methoxy groups -OCH3 is 1. The standard InChI is InChI=1S/C26H34ClN5O3/c1-35-15-3-11-29-26(33)10-14-30-13-2-4-23(30)19-31-18-21(16-20-5-7-22(27)8-6-20)24-9-12-28-17-25(24)32(31)34/h5-9,12,17-18,23,34H,2-4,10-11,13-16,19H2,1H3,(H,29,33)/t23-/m1/s1. The summed E-state index contributed by atoms with van der Waals surface area (Å²) in [5, 5.41) is 17.7. The lowest BCUT2D eigenvalue weighted by molar-refractivity contribution is -0.121. The minimum absolute atomic E-state index is 0.0682. The number of likely N-dealkylation sites (tertiary alicyclic amines) is 1. The highest BCUT2D eigenvalue weighted by Crippen LogP contribution is 2.34. The van der Waals surface area contributed by atoms with Gasteiger partial charge in [-0.3, -0.25) is 24.9 Å². The molecule has 2 N–H and O–H groups in total. The summed E-state index contributed by atoms with van der Waals surface area (Å²) >= 11 is 6.06. The van der Waals surface area contributed by atoms with E-state index in [9.17, 15) is 10.0 Å². The molecule has 1 saturated heterocycles. The van der Waals surface area contributed by atoms with Gasteiger partial charge in [0.2, 0.25) is 5.91 Å². The summed E-state index contributed by atoms with van der Waals surface area (Å²) in [4.78, 5) is 18.8. The number of hydrogen-bond donors (Lipinski definition) is 2. The van der Waals surface area contributed by atoms with Gasteiger partial charge in [0.1, 0.15) is 5.69 Å². The Balaban J connectivity index is 1.41. The lowest BCUT2D eigenvalue weighted by Gasteiger charge is -2.38. The van der Waals surface area contributed by atoms with Crippen molar-refractivity contribution in [3.63, 3.8) is 0 Å². The summed E-state index contributed by atoms with van der Waals surface area (Å²) < 4.78 is 5.02. The van der Waals surface area contributed by atoms with Crippen molar-refractivity contribution < 1.29 is 14.7 Å². The Morgan fingerprint density at radius 1 is 1.29 bits per heavy atom. The smallest absolute Gasteiger partial charge is 0.221 e. The van der Waals surface area contributed by atoms with E-state index in [1.807, 2.05) is 41.5 Å². The molecule has 1 fully saturated rings. The van der Waals surface area contributed by atoms with Crippen LogP contribution in [-0.4, -0.2) is 71.9 Å². The van der Waals surface area contributed by atoms with Gasteiger partial charge in [-0.25, -0.2) is 0 Å². The first kappa shape index (κ1) is 25.4. The normalized spacial score (nSPS) is 17.9. The van der Waals surface area contributed by atoms with Crippen LogP contribution in [0.25, 0.3) is 5.57 Å². The van der Waals surface area contributed by atoms with Gasteiger partial charge in [-0.15, -0.1) is 0 Å². The highest BCUT2D eigenvalue weighted by molar-refractivity contribution is 6.30. The summed E-state index contributed by atoms with van der Waals surface area (Å²) in [6.07, 6.45) is 9.58. The van der Waals surface area contributed by atoms with Gasteiger partial charge in [0, 0.05) is 62.3 Å². The second kappa shape index (κ2) is 12.4. The van der Waals surface area contributed by atoms with Gasteiger partial charge >= 0.3 is 0 Å². The zero-order valence-corrected chi connectivity index (χ0v) is 21.0. The molecule has 1 aromatic heterocycles. The van der Waals surface area contributed by atoms with Crippen molar-refractivity contribution >= 4 is 28.8 Å². The molecular weight excluding hydrogens is 466 g/mol. The Hall–Kier alpha value is -2.65. The third-order valence-corrected chi connectivity index (χ3v) is 6.84. The van der Waals surface area contributed by atoms with Crippen molar-refractivity contribution in [2.75, 3.05) is 45.1 Å². The number of carbonyl (C=O) groups excluding carboxylic acids is 1. The molecule has 2 aliphatic heterocycles. The van der Waals surface area contributed by atoms with Gasteiger partial charge in [-0.05, 0) is 61.6 Å². The Labute approximate surface area is 212 Å². The molecule has 1 atom stereocenters. The number of nitrogens with zero attached hydrogens (tertiary/aromatic N) is 4. The zero-order chi connectivity index (χ0) is 24.6. The third kappa shape index (κ3) is 6.73. The molecule has 9 heteroatoms.